The molecular weight excluding hydrogens is 497 g/mol. The van der Waals surface area contributed by atoms with E-state index in [1.54, 1.807) is 30.5 Å². The van der Waals surface area contributed by atoms with Crippen LogP contribution in [0.5, 0.6) is 0 Å². The van der Waals surface area contributed by atoms with Crippen LogP contribution in [-0.2, 0) is 6.54 Å². The van der Waals surface area contributed by atoms with Crippen LogP contribution in [-0.4, -0.2) is 64.8 Å². The van der Waals surface area contributed by atoms with E-state index in [2.05, 4.69) is 31.9 Å². The Morgan fingerprint density at radius 1 is 1.06 bits per heavy atom. The molecule has 0 radical (unpaired) electrons. The molecule has 11 heteroatoms. The van der Waals surface area contributed by atoms with E-state index in [4.69, 9.17) is 38.5 Å². The summed E-state index contributed by atoms with van der Waals surface area (Å²) in [5.41, 5.74) is 3.76. The number of likely N-dealkylation sites (N-methyl/N-ethyl adjacent to an activating group) is 1. The SMILES string of the molecule is CN(C)CCNCc1cc2c(NCCNc3ccc(C#N)cn3)nc(-c3ccc(Cl)cc3Cl)cn2n1. The Hall–Kier alpha value is -3.42. The lowest BCUT2D eigenvalue weighted by Crippen LogP contribution is -2.26. The molecule has 3 N–H and O–H groups in total. The molecule has 3 aromatic heterocycles. The number of anilines is 2. The van der Waals surface area contributed by atoms with Crippen molar-refractivity contribution < 1.29 is 0 Å². The van der Waals surface area contributed by atoms with Gasteiger partial charge in [0.2, 0.25) is 0 Å². The third-order valence-corrected chi connectivity index (χ3v) is 5.92. The monoisotopic (exact) mass is 523 g/mol. The highest BCUT2D eigenvalue weighted by molar-refractivity contribution is 6.36. The van der Waals surface area contributed by atoms with Crippen molar-refractivity contribution in [3.05, 3.63) is 70.1 Å². The molecule has 0 spiro atoms. The zero-order chi connectivity index (χ0) is 25.5. The third-order valence-electron chi connectivity index (χ3n) is 5.37. The zero-order valence-corrected chi connectivity index (χ0v) is 21.6. The van der Waals surface area contributed by atoms with E-state index in [1.807, 2.05) is 36.9 Å². The highest BCUT2D eigenvalue weighted by atomic mass is 35.5. The van der Waals surface area contributed by atoms with Crippen LogP contribution in [0.2, 0.25) is 10.0 Å². The van der Waals surface area contributed by atoms with Crippen LogP contribution in [0.15, 0.2) is 48.8 Å². The van der Waals surface area contributed by atoms with E-state index in [0.29, 0.717) is 52.6 Å². The molecule has 0 amide bonds. The summed E-state index contributed by atoms with van der Waals surface area (Å²) in [5.74, 6) is 1.39. The maximum absolute atomic E-state index is 8.92. The Labute approximate surface area is 220 Å². The maximum atomic E-state index is 8.92. The molecule has 9 nitrogen and oxygen atoms in total. The summed E-state index contributed by atoms with van der Waals surface area (Å²) in [6.07, 6.45) is 3.42. The molecule has 0 fully saturated rings. The lowest BCUT2D eigenvalue weighted by Gasteiger charge is -2.12. The molecule has 4 aromatic rings. The second kappa shape index (κ2) is 12.0. The number of hydrogen-bond acceptors (Lipinski definition) is 8. The van der Waals surface area contributed by atoms with Crippen molar-refractivity contribution in [1.82, 2.24) is 29.8 Å². The van der Waals surface area contributed by atoms with Crippen molar-refractivity contribution in [2.45, 2.75) is 6.54 Å². The normalized spacial score (nSPS) is 11.1. The predicted octanol–water partition coefficient (Wildman–Crippen LogP) is 4.14. The summed E-state index contributed by atoms with van der Waals surface area (Å²) in [5, 5.41) is 24.8. The lowest BCUT2D eigenvalue weighted by atomic mass is 10.1. The average molecular weight is 524 g/mol. The van der Waals surface area contributed by atoms with Crippen LogP contribution in [0.25, 0.3) is 16.8 Å². The minimum Gasteiger partial charge on any atom is -0.368 e. The van der Waals surface area contributed by atoms with Crippen molar-refractivity contribution in [2.75, 3.05) is 50.9 Å². The van der Waals surface area contributed by atoms with Crippen molar-refractivity contribution in [3.8, 4) is 17.3 Å². The van der Waals surface area contributed by atoms with Crippen molar-refractivity contribution in [2.24, 2.45) is 0 Å². The molecule has 186 valence electrons. The number of rotatable bonds is 11. The quantitative estimate of drug-likeness (QED) is 0.252. The Kier molecular flexibility index (Phi) is 8.57. The van der Waals surface area contributed by atoms with Gasteiger partial charge in [-0.1, -0.05) is 23.2 Å². The summed E-state index contributed by atoms with van der Waals surface area (Å²) in [7, 11) is 4.10. The van der Waals surface area contributed by atoms with E-state index in [9.17, 15) is 0 Å². The standard InChI is InChI=1S/C25H27Cl2N9/c1-35(2)10-9-29-15-19-12-23-25(31-8-7-30-24-6-3-17(13-28)14-32-24)33-22(16-36(23)34-19)20-5-4-18(26)11-21(20)27/h3-6,11-12,14,16,29H,7-10,15H2,1-2H3,(H,30,32)(H,31,33). The molecule has 0 atom stereocenters. The van der Waals surface area contributed by atoms with Crippen LogP contribution < -0.4 is 16.0 Å². The van der Waals surface area contributed by atoms with E-state index < -0.39 is 0 Å². The van der Waals surface area contributed by atoms with Gasteiger partial charge in [-0.3, -0.25) is 0 Å². The Morgan fingerprint density at radius 3 is 2.61 bits per heavy atom. The molecule has 0 unspecified atom stereocenters. The zero-order valence-electron chi connectivity index (χ0n) is 20.1. The van der Waals surface area contributed by atoms with Crippen LogP contribution in [0, 0.1) is 11.3 Å². The van der Waals surface area contributed by atoms with E-state index in [-0.39, 0.29) is 0 Å². The van der Waals surface area contributed by atoms with Crippen molar-refractivity contribution in [3.63, 3.8) is 0 Å². The van der Waals surface area contributed by atoms with E-state index in [0.717, 1.165) is 29.9 Å². The van der Waals surface area contributed by atoms with Gasteiger partial charge in [0.15, 0.2) is 5.82 Å². The highest BCUT2D eigenvalue weighted by Gasteiger charge is 2.13. The molecule has 0 bridgehead atoms. The first kappa shape index (κ1) is 25.7. The Morgan fingerprint density at radius 2 is 1.89 bits per heavy atom. The molecule has 3 heterocycles. The van der Waals surface area contributed by atoms with Gasteiger partial charge >= 0.3 is 0 Å². The third kappa shape index (κ3) is 6.62. The smallest absolute Gasteiger partial charge is 0.152 e. The molecule has 1 aromatic carbocycles. The van der Waals surface area contributed by atoms with Crippen LogP contribution in [0.3, 0.4) is 0 Å². The summed E-state index contributed by atoms with van der Waals surface area (Å²) < 4.78 is 1.83. The van der Waals surface area contributed by atoms with E-state index >= 15 is 0 Å². The number of halogens is 2. The topological polar surface area (TPSA) is 106 Å². The van der Waals surface area contributed by atoms with Gasteiger partial charge in [-0.15, -0.1) is 0 Å². The number of aromatic nitrogens is 4. The second-order valence-corrected chi connectivity index (χ2v) is 9.29. The number of pyridine rings is 1. The molecule has 0 saturated heterocycles. The number of benzene rings is 1. The number of nitrogens with one attached hydrogen (secondary N) is 3. The summed E-state index contributed by atoms with van der Waals surface area (Å²) in [4.78, 5) is 11.2. The van der Waals surface area contributed by atoms with E-state index in [1.165, 1.54) is 0 Å². The first-order chi connectivity index (χ1) is 17.4. The van der Waals surface area contributed by atoms with Gasteiger partial charge in [0.05, 0.1) is 28.2 Å². The molecule has 36 heavy (non-hydrogen) atoms. The molecule has 0 aliphatic heterocycles. The maximum Gasteiger partial charge on any atom is 0.152 e. The van der Waals surface area contributed by atoms with Gasteiger partial charge in [-0.2, -0.15) is 10.4 Å². The fourth-order valence-corrected chi connectivity index (χ4v) is 4.05. The molecule has 0 aliphatic rings. The number of nitrogens with zero attached hydrogens (tertiary/aromatic N) is 6. The predicted molar refractivity (Wildman–Crippen MR) is 145 cm³/mol. The molecular formula is C25H27Cl2N9. The minimum atomic E-state index is 0.520. The fourth-order valence-electron chi connectivity index (χ4n) is 3.54. The average Bonchev–Trinajstić information content (AvgIpc) is 3.27. The largest absolute Gasteiger partial charge is 0.368 e. The first-order valence-corrected chi connectivity index (χ1v) is 12.2. The number of hydrogen-bond donors (Lipinski definition) is 3. The molecule has 0 saturated carbocycles. The van der Waals surface area contributed by atoms with Crippen LogP contribution >= 0.6 is 23.2 Å². The van der Waals surface area contributed by atoms with Gasteiger partial charge < -0.3 is 20.9 Å². The first-order valence-electron chi connectivity index (χ1n) is 11.5. The minimum absolute atomic E-state index is 0.520. The number of fused-ring (bicyclic) bond motifs is 1. The lowest BCUT2D eigenvalue weighted by molar-refractivity contribution is 0.399. The Balaban J connectivity index is 1.53. The summed E-state index contributed by atoms with van der Waals surface area (Å²) >= 11 is 12.6. The number of nitriles is 1. The van der Waals surface area contributed by atoms with Gasteiger partial charge in [0.25, 0.3) is 0 Å². The second-order valence-electron chi connectivity index (χ2n) is 8.44. The van der Waals surface area contributed by atoms with Gasteiger partial charge in [0.1, 0.15) is 17.4 Å². The fraction of sp³-hybridized carbons (Fsp3) is 0.280. The van der Waals surface area contributed by atoms with Gasteiger partial charge in [-0.25, -0.2) is 14.5 Å². The van der Waals surface area contributed by atoms with Crippen LogP contribution in [0.4, 0.5) is 11.6 Å². The van der Waals surface area contributed by atoms with Crippen molar-refractivity contribution >= 4 is 40.4 Å². The Bertz CT molecular complexity index is 1360. The summed E-state index contributed by atoms with van der Waals surface area (Å²) in [6, 6.07) is 13.0. The van der Waals surface area contributed by atoms with Crippen LogP contribution in [0.1, 0.15) is 11.3 Å². The van der Waals surface area contributed by atoms with Crippen molar-refractivity contribution in [1.29, 1.82) is 5.26 Å². The summed E-state index contributed by atoms with van der Waals surface area (Å²) in [6.45, 7) is 3.65. The van der Waals surface area contributed by atoms with Gasteiger partial charge in [-0.05, 0) is 50.5 Å². The highest BCUT2D eigenvalue weighted by Crippen LogP contribution is 2.31. The molecule has 4 rings (SSSR count). The van der Waals surface area contributed by atoms with Gasteiger partial charge in [0, 0.05) is 49.5 Å². The molecule has 0 aliphatic carbocycles.